The van der Waals surface area contributed by atoms with Gasteiger partial charge < -0.3 is 4.74 Å². The molecule has 68 valence electrons. The summed E-state index contributed by atoms with van der Waals surface area (Å²) in [6.45, 7) is 0. The van der Waals surface area contributed by atoms with E-state index in [1.165, 1.54) is 7.11 Å². The van der Waals surface area contributed by atoms with Crippen molar-refractivity contribution in [1.29, 1.82) is 0 Å². The topological polar surface area (TPSA) is 26.3 Å². The molecule has 0 amide bonds. The maximum Gasteiger partial charge on any atom is 0.337 e. The van der Waals surface area contributed by atoms with Gasteiger partial charge in [0.05, 0.1) is 12.7 Å². The first-order chi connectivity index (χ1) is 4.84. The monoisotopic (exact) mass is 208 g/mol. The van der Waals surface area contributed by atoms with Crippen LogP contribution in [0.2, 0.25) is 0 Å². The third-order valence-corrected chi connectivity index (χ3v) is 1.19. The minimum Gasteiger partial charge on any atom is -0.465 e. The first-order valence-corrected chi connectivity index (χ1v) is 2.98. The van der Waals surface area contributed by atoms with Crippen molar-refractivity contribution < 1.29 is 9.53 Å². The van der Waals surface area contributed by atoms with Gasteiger partial charge in [-0.05, 0) is 12.1 Å². The number of halogens is 2. The van der Waals surface area contributed by atoms with Crippen molar-refractivity contribution in [2.45, 2.75) is 0 Å². The largest absolute Gasteiger partial charge is 0.465 e. The van der Waals surface area contributed by atoms with Crippen LogP contribution >= 0.6 is 24.8 Å². The Hall–Kier alpha value is -0.730. The van der Waals surface area contributed by atoms with E-state index in [-0.39, 0.29) is 30.8 Å². The molecule has 1 aromatic rings. The Balaban J connectivity index is 0. The van der Waals surface area contributed by atoms with E-state index < -0.39 is 0 Å². The zero-order valence-corrected chi connectivity index (χ0v) is 8.15. The molecule has 2 nitrogen and oxygen atoms in total. The van der Waals surface area contributed by atoms with Gasteiger partial charge in [0.15, 0.2) is 0 Å². The van der Waals surface area contributed by atoms with Crippen LogP contribution in [-0.4, -0.2) is 13.1 Å². The molecule has 0 aromatic heterocycles. The van der Waals surface area contributed by atoms with Gasteiger partial charge in [-0.15, -0.1) is 24.8 Å². The van der Waals surface area contributed by atoms with Gasteiger partial charge in [0.2, 0.25) is 0 Å². The molecule has 0 aliphatic heterocycles. The highest BCUT2D eigenvalue weighted by Gasteiger charge is 2.00. The molecule has 0 saturated carbocycles. The van der Waals surface area contributed by atoms with Gasteiger partial charge in [0.25, 0.3) is 0 Å². The predicted molar refractivity (Wildman–Crippen MR) is 52.3 cm³/mol. The summed E-state index contributed by atoms with van der Waals surface area (Å²) in [7, 11) is 1.37. The molecule has 0 unspecified atom stereocenters. The summed E-state index contributed by atoms with van der Waals surface area (Å²) < 4.78 is 4.50. The average Bonchev–Trinajstić information content (AvgIpc) is 2.05. The summed E-state index contributed by atoms with van der Waals surface area (Å²) in [4.78, 5) is 10.8. The lowest BCUT2D eigenvalue weighted by Crippen LogP contribution is -1.99. The van der Waals surface area contributed by atoms with Crippen LogP contribution in [0.25, 0.3) is 0 Å². The molecule has 0 spiro atoms. The number of methoxy groups -OCH3 is 1. The summed E-state index contributed by atoms with van der Waals surface area (Å²) in [5, 5.41) is 0. The van der Waals surface area contributed by atoms with E-state index in [1.807, 2.05) is 6.07 Å². The van der Waals surface area contributed by atoms with Crippen LogP contribution in [-0.2, 0) is 4.74 Å². The number of hydrogen-bond donors (Lipinski definition) is 0. The van der Waals surface area contributed by atoms with Crippen molar-refractivity contribution in [2.24, 2.45) is 0 Å². The molecular formula is C8H10Cl2O2. The maximum absolute atomic E-state index is 10.8. The van der Waals surface area contributed by atoms with Crippen LogP contribution in [0.4, 0.5) is 0 Å². The van der Waals surface area contributed by atoms with Gasteiger partial charge in [0, 0.05) is 0 Å². The van der Waals surface area contributed by atoms with Crippen molar-refractivity contribution in [2.75, 3.05) is 7.11 Å². The lowest BCUT2D eigenvalue weighted by Gasteiger charge is -1.95. The zero-order valence-electron chi connectivity index (χ0n) is 6.52. The zero-order chi connectivity index (χ0) is 7.40. The number of esters is 1. The van der Waals surface area contributed by atoms with Gasteiger partial charge in [-0.25, -0.2) is 4.79 Å². The predicted octanol–water partition coefficient (Wildman–Crippen LogP) is 2.32. The number of carbonyl (C=O) groups excluding carboxylic acids is 1. The van der Waals surface area contributed by atoms with Crippen molar-refractivity contribution in [3.05, 3.63) is 35.9 Å². The normalized spacial score (nSPS) is 7.42. The average molecular weight is 209 g/mol. The minimum atomic E-state index is -0.291. The molecule has 4 heteroatoms. The van der Waals surface area contributed by atoms with E-state index in [0.29, 0.717) is 5.56 Å². The summed E-state index contributed by atoms with van der Waals surface area (Å²) in [5.74, 6) is -0.291. The third-order valence-electron chi connectivity index (χ3n) is 1.19. The van der Waals surface area contributed by atoms with Crippen LogP contribution in [0.3, 0.4) is 0 Å². The Morgan fingerprint density at radius 2 is 1.67 bits per heavy atom. The van der Waals surface area contributed by atoms with Gasteiger partial charge in [-0.3, -0.25) is 0 Å². The maximum atomic E-state index is 10.8. The molecule has 0 radical (unpaired) electrons. The van der Waals surface area contributed by atoms with Crippen LogP contribution < -0.4 is 0 Å². The lowest BCUT2D eigenvalue weighted by molar-refractivity contribution is 0.0601. The number of hydrogen-bond acceptors (Lipinski definition) is 2. The van der Waals surface area contributed by atoms with Gasteiger partial charge >= 0.3 is 5.97 Å². The van der Waals surface area contributed by atoms with Crippen LogP contribution in [0.15, 0.2) is 30.3 Å². The fourth-order valence-electron chi connectivity index (χ4n) is 0.692. The van der Waals surface area contributed by atoms with Crippen LogP contribution in [0.5, 0.6) is 0 Å². The molecule has 0 atom stereocenters. The Morgan fingerprint density at radius 3 is 2.08 bits per heavy atom. The summed E-state index contributed by atoms with van der Waals surface area (Å²) in [6.07, 6.45) is 0. The number of carbonyl (C=O) groups is 1. The Bertz CT molecular complexity index is 224. The molecule has 0 aliphatic carbocycles. The molecule has 0 saturated heterocycles. The molecule has 1 aromatic carbocycles. The molecule has 0 bridgehead atoms. The molecule has 0 N–H and O–H groups in total. The summed E-state index contributed by atoms with van der Waals surface area (Å²) in [5.41, 5.74) is 0.588. The summed E-state index contributed by atoms with van der Waals surface area (Å²) >= 11 is 0. The van der Waals surface area contributed by atoms with E-state index in [9.17, 15) is 4.79 Å². The van der Waals surface area contributed by atoms with Crippen LogP contribution in [0, 0.1) is 0 Å². The lowest BCUT2D eigenvalue weighted by atomic mass is 10.2. The number of ether oxygens (including phenoxy) is 1. The van der Waals surface area contributed by atoms with Gasteiger partial charge in [0.1, 0.15) is 0 Å². The first kappa shape index (κ1) is 13.8. The fourth-order valence-corrected chi connectivity index (χ4v) is 0.692. The van der Waals surface area contributed by atoms with E-state index in [0.717, 1.165) is 0 Å². The third kappa shape index (κ3) is 3.60. The second-order valence-electron chi connectivity index (χ2n) is 1.86. The smallest absolute Gasteiger partial charge is 0.337 e. The van der Waals surface area contributed by atoms with E-state index >= 15 is 0 Å². The van der Waals surface area contributed by atoms with E-state index in [2.05, 4.69) is 4.74 Å². The SMILES string of the molecule is COC(=O)c1ccccc1.Cl.Cl. The standard InChI is InChI=1S/C8H8O2.2ClH/c1-10-8(9)7-5-3-2-4-6-7;;/h2-6H,1H3;2*1H. The minimum absolute atomic E-state index is 0. The second-order valence-corrected chi connectivity index (χ2v) is 1.86. The summed E-state index contributed by atoms with van der Waals surface area (Å²) in [6, 6.07) is 8.88. The quantitative estimate of drug-likeness (QED) is 0.663. The highest BCUT2D eigenvalue weighted by molar-refractivity contribution is 5.89. The Kier molecular flexibility index (Phi) is 8.01. The van der Waals surface area contributed by atoms with Crippen molar-refractivity contribution in [3.8, 4) is 0 Å². The Labute approximate surface area is 83.7 Å². The molecule has 0 fully saturated rings. The van der Waals surface area contributed by atoms with Crippen molar-refractivity contribution >= 4 is 30.8 Å². The van der Waals surface area contributed by atoms with E-state index in [4.69, 9.17) is 0 Å². The van der Waals surface area contributed by atoms with E-state index in [1.54, 1.807) is 24.3 Å². The number of benzene rings is 1. The highest BCUT2D eigenvalue weighted by atomic mass is 35.5. The molecule has 0 aliphatic rings. The van der Waals surface area contributed by atoms with Crippen LogP contribution in [0.1, 0.15) is 10.4 Å². The van der Waals surface area contributed by atoms with Gasteiger partial charge in [-0.1, -0.05) is 18.2 Å². The highest BCUT2D eigenvalue weighted by Crippen LogP contribution is 1.98. The molecule has 0 heterocycles. The molecule has 1 rings (SSSR count). The van der Waals surface area contributed by atoms with Crippen molar-refractivity contribution in [3.63, 3.8) is 0 Å². The fraction of sp³-hybridized carbons (Fsp3) is 0.125. The molecule has 12 heavy (non-hydrogen) atoms. The van der Waals surface area contributed by atoms with Gasteiger partial charge in [-0.2, -0.15) is 0 Å². The van der Waals surface area contributed by atoms with Crippen molar-refractivity contribution in [1.82, 2.24) is 0 Å². The first-order valence-electron chi connectivity index (χ1n) is 2.98. The second kappa shape index (κ2) is 6.95. The molecular weight excluding hydrogens is 199 g/mol. The Morgan fingerprint density at radius 1 is 1.17 bits per heavy atom. The number of rotatable bonds is 1.